The SMILES string of the molecule is Cc1ccc(N(c2ccc3c(c2)C(C)(C)c2cc(N(c4ccc(C)cc4)c4ccc(C#N)c5ccccc45)c4ccccc4c2-3)c2ccc(C#N)c3ccccc23)cc1. The van der Waals surface area contributed by atoms with Crippen molar-refractivity contribution >= 4 is 66.4 Å². The van der Waals surface area contributed by atoms with Gasteiger partial charge in [0.05, 0.1) is 40.3 Å². The van der Waals surface area contributed by atoms with E-state index in [9.17, 15) is 10.5 Å². The number of nitrogens with zero attached hydrogens (tertiary/aromatic N) is 4. The van der Waals surface area contributed by atoms with E-state index in [0.29, 0.717) is 11.1 Å². The summed E-state index contributed by atoms with van der Waals surface area (Å²) in [5.74, 6) is 0. The summed E-state index contributed by atoms with van der Waals surface area (Å²) >= 11 is 0. The Morgan fingerprint density at radius 1 is 0.407 bits per heavy atom. The number of rotatable bonds is 6. The lowest BCUT2D eigenvalue weighted by atomic mass is 9.81. The molecule has 10 rings (SSSR count). The number of nitriles is 2. The average Bonchev–Trinajstić information content (AvgIpc) is 3.50. The van der Waals surface area contributed by atoms with Crippen molar-refractivity contribution < 1.29 is 0 Å². The van der Waals surface area contributed by atoms with E-state index in [2.05, 4.69) is 177 Å². The summed E-state index contributed by atoms with van der Waals surface area (Å²) in [6.07, 6.45) is 0. The Morgan fingerprint density at radius 2 is 0.847 bits per heavy atom. The first-order valence-corrected chi connectivity index (χ1v) is 20.1. The van der Waals surface area contributed by atoms with Gasteiger partial charge in [-0.3, -0.25) is 0 Å². The molecule has 4 heteroatoms. The minimum atomic E-state index is -0.364. The van der Waals surface area contributed by atoms with Gasteiger partial charge in [0.2, 0.25) is 0 Å². The molecule has 0 heterocycles. The first-order valence-electron chi connectivity index (χ1n) is 20.1. The molecule has 0 saturated heterocycles. The fourth-order valence-electron chi connectivity index (χ4n) is 9.25. The van der Waals surface area contributed by atoms with Crippen molar-refractivity contribution in [3.8, 4) is 23.3 Å². The van der Waals surface area contributed by atoms with Crippen LogP contribution in [0.15, 0.2) is 170 Å². The van der Waals surface area contributed by atoms with E-state index in [0.717, 1.165) is 61.1 Å². The maximum atomic E-state index is 10.1. The monoisotopic (exact) mass is 756 g/mol. The Labute approximate surface area is 345 Å². The molecule has 0 saturated carbocycles. The zero-order chi connectivity index (χ0) is 40.4. The lowest BCUT2D eigenvalue weighted by Gasteiger charge is -2.31. The fraction of sp³-hybridized carbons (Fsp3) is 0.0909. The van der Waals surface area contributed by atoms with Crippen molar-refractivity contribution in [2.24, 2.45) is 0 Å². The number of hydrogen-bond donors (Lipinski definition) is 0. The number of benzene rings is 9. The number of fused-ring (bicyclic) bond motifs is 7. The van der Waals surface area contributed by atoms with E-state index >= 15 is 0 Å². The Hall–Kier alpha value is -7.66. The van der Waals surface area contributed by atoms with Gasteiger partial charge in [0.15, 0.2) is 0 Å². The van der Waals surface area contributed by atoms with Crippen LogP contribution in [0.1, 0.15) is 47.2 Å². The minimum Gasteiger partial charge on any atom is -0.310 e. The lowest BCUT2D eigenvalue weighted by Crippen LogP contribution is -2.18. The molecule has 4 nitrogen and oxygen atoms in total. The highest BCUT2D eigenvalue weighted by Gasteiger charge is 2.39. The molecule has 0 unspecified atom stereocenters. The maximum absolute atomic E-state index is 10.1. The van der Waals surface area contributed by atoms with Crippen molar-refractivity contribution in [2.75, 3.05) is 9.80 Å². The molecule has 1 aliphatic rings. The molecule has 9 aromatic carbocycles. The molecule has 9 aromatic rings. The zero-order valence-electron chi connectivity index (χ0n) is 33.5. The van der Waals surface area contributed by atoms with Crippen LogP contribution < -0.4 is 9.80 Å². The fourth-order valence-corrected chi connectivity index (χ4v) is 9.25. The molecule has 0 bridgehead atoms. The van der Waals surface area contributed by atoms with Crippen LogP contribution in [-0.2, 0) is 5.41 Å². The highest BCUT2D eigenvalue weighted by molar-refractivity contribution is 6.12. The smallest absolute Gasteiger partial charge is 0.0998 e. The first-order chi connectivity index (χ1) is 28.8. The van der Waals surface area contributed by atoms with Crippen molar-refractivity contribution in [1.82, 2.24) is 0 Å². The van der Waals surface area contributed by atoms with Crippen molar-refractivity contribution in [3.05, 3.63) is 203 Å². The summed E-state index contributed by atoms with van der Waals surface area (Å²) in [5, 5.41) is 26.4. The molecule has 0 radical (unpaired) electrons. The van der Waals surface area contributed by atoms with E-state index < -0.39 is 0 Å². The summed E-state index contributed by atoms with van der Waals surface area (Å²) in [7, 11) is 0. The van der Waals surface area contributed by atoms with Crippen molar-refractivity contribution in [1.29, 1.82) is 10.5 Å². The van der Waals surface area contributed by atoms with Gasteiger partial charge in [0.25, 0.3) is 0 Å². The second kappa shape index (κ2) is 13.8. The quantitative estimate of drug-likeness (QED) is 0.170. The summed E-state index contributed by atoms with van der Waals surface area (Å²) < 4.78 is 0. The summed E-state index contributed by atoms with van der Waals surface area (Å²) in [6.45, 7) is 8.93. The van der Waals surface area contributed by atoms with Gasteiger partial charge in [-0.05, 0) is 108 Å². The molecule has 0 aliphatic heterocycles. The molecule has 0 fully saturated rings. The molecule has 1 aliphatic carbocycles. The van der Waals surface area contributed by atoms with Gasteiger partial charge in [-0.15, -0.1) is 0 Å². The van der Waals surface area contributed by atoms with Crippen LogP contribution in [0.4, 0.5) is 34.1 Å². The summed E-state index contributed by atoms with van der Waals surface area (Å²) in [4.78, 5) is 4.71. The predicted octanol–water partition coefficient (Wildman–Crippen LogP) is 14.8. The number of anilines is 6. The molecule has 0 atom stereocenters. The van der Waals surface area contributed by atoms with Gasteiger partial charge in [0, 0.05) is 49.4 Å². The van der Waals surface area contributed by atoms with E-state index in [-0.39, 0.29) is 5.41 Å². The third-order valence-corrected chi connectivity index (χ3v) is 12.3. The van der Waals surface area contributed by atoms with Crippen LogP contribution in [-0.4, -0.2) is 0 Å². The molecule has 0 N–H and O–H groups in total. The first kappa shape index (κ1) is 35.7. The molecule has 59 heavy (non-hydrogen) atoms. The third-order valence-electron chi connectivity index (χ3n) is 12.3. The molecule has 0 spiro atoms. The highest BCUT2D eigenvalue weighted by atomic mass is 15.2. The van der Waals surface area contributed by atoms with Crippen molar-refractivity contribution in [2.45, 2.75) is 33.1 Å². The van der Waals surface area contributed by atoms with Gasteiger partial charge in [-0.2, -0.15) is 10.5 Å². The Kier molecular flexibility index (Phi) is 8.34. The van der Waals surface area contributed by atoms with E-state index in [4.69, 9.17) is 0 Å². The Bertz CT molecular complexity index is 3230. The summed E-state index contributed by atoms with van der Waals surface area (Å²) in [5.41, 5.74) is 14.6. The van der Waals surface area contributed by atoms with Crippen LogP contribution in [0, 0.1) is 36.5 Å². The lowest BCUT2D eigenvalue weighted by molar-refractivity contribution is 0.661. The maximum Gasteiger partial charge on any atom is 0.0998 e. The van der Waals surface area contributed by atoms with Gasteiger partial charge in [-0.1, -0.05) is 128 Å². The molecular weight excluding hydrogens is 717 g/mol. The third kappa shape index (κ3) is 5.65. The highest BCUT2D eigenvalue weighted by Crippen LogP contribution is 2.56. The standard InChI is InChI=1S/C55H40N4/c1-35-17-23-39(24-18-35)58(51-29-21-37(33-56)42-11-5-7-13-44(42)51)41-27-28-48-49(31-41)55(3,4)50-32-53(46-15-9-10-16-47(46)54(48)50)59(40-25-19-36(2)20-26-40)52-30-22-38(34-57)43-12-6-8-14-45(43)52/h5-32H,1-4H3. The predicted molar refractivity (Wildman–Crippen MR) is 245 cm³/mol. The second-order valence-electron chi connectivity index (χ2n) is 16.1. The number of aryl methyl sites for hydroxylation is 2. The van der Waals surface area contributed by atoms with Crippen LogP contribution in [0.5, 0.6) is 0 Å². The topological polar surface area (TPSA) is 54.1 Å². The Morgan fingerprint density at radius 3 is 1.37 bits per heavy atom. The molecular formula is C55H40N4. The second-order valence-corrected chi connectivity index (χ2v) is 16.1. The molecule has 0 aromatic heterocycles. The zero-order valence-corrected chi connectivity index (χ0v) is 33.5. The van der Waals surface area contributed by atoms with Crippen molar-refractivity contribution in [3.63, 3.8) is 0 Å². The average molecular weight is 757 g/mol. The van der Waals surface area contributed by atoms with Crippen LogP contribution in [0.3, 0.4) is 0 Å². The molecule has 280 valence electrons. The largest absolute Gasteiger partial charge is 0.310 e. The Balaban J connectivity index is 1.21. The summed E-state index contributed by atoms with van der Waals surface area (Å²) in [6, 6.07) is 64.9. The van der Waals surface area contributed by atoms with Crippen LogP contribution in [0.25, 0.3) is 43.4 Å². The van der Waals surface area contributed by atoms with Gasteiger partial charge in [-0.25, -0.2) is 0 Å². The van der Waals surface area contributed by atoms with E-state index in [1.807, 2.05) is 42.5 Å². The normalized spacial score (nSPS) is 12.5. The minimum absolute atomic E-state index is 0.364. The van der Waals surface area contributed by atoms with E-state index in [1.54, 1.807) is 0 Å². The molecule has 0 amide bonds. The van der Waals surface area contributed by atoms with Gasteiger partial charge >= 0.3 is 0 Å². The van der Waals surface area contributed by atoms with Crippen LogP contribution >= 0.6 is 0 Å². The van der Waals surface area contributed by atoms with Gasteiger partial charge in [0.1, 0.15) is 0 Å². The number of hydrogen-bond acceptors (Lipinski definition) is 4. The van der Waals surface area contributed by atoms with E-state index in [1.165, 1.54) is 38.8 Å². The van der Waals surface area contributed by atoms with Gasteiger partial charge < -0.3 is 9.80 Å². The van der Waals surface area contributed by atoms with Crippen LogP contribution in [0.2, 0.25) is 0 Å².